The lowest BCUT2D eigenvalue weighted by atomic mass is 10.1. The molecule has 3 aromatic rings. The Morgan fingerprint density at radius 2 is 1.79 bits per heavy atom. The van der Waals surface area contributed by atoms with Crippen LogP contribution in [-0.4, -0.2) is 61.5 Å². The molecular weight excluding hydrogens is 428 g/mol. The number of rotatable bonds is 4. The number of anilines is 2. The molecule has 2 aliphatic heterocycles. The Morgan fingerprint density at radius 1 is 1.03 bits per heavy atom. The molecule has 176 valence electrons. The van der Waals surface area contributed by atoms with Crippen LogP contribution in [0.4, 0.5) is 11.5 Å². The number of aromatic nitrogens is 1. The van der Waals surface area contributed by atoms with Gasteiger partial charge in [0.05, 0.1) is 24.2 Å². The number of fused-ring (bicyclic) bond motifs is 1. The van der Waals surface area contributed by atoms with Gasteiger partial charge in [-0.15, -0.1) is 0 Å². The summed E-state index contributed by atoms with van der Waals surface area (Å²) in [6.45, 7) is 7.20. The topological polar surface area (TPSA) is 66.0 Å². The van der Waals surface area contributed by atoms with Crippen molar-refractivity contribution in [3.8, 4) is 5.75 Å². The molecule has 2 aliphatic rings. The minimum Gasteiger partial charge on any atom is -0.495 e. The first-order chi connectivity index (χ1) is 16.4. The molecule has 0 N–H and O–H groups in total. The molecule has 2 amide bonds. The van der Waals surface area contributed by atoms with Gasteiger partial charge in [0.1, 0.15) is 11.6 Å². The van der Waals surface area contributed by atoms with Gasteiger partial charge >= 0.3 is 0 Å². The molecule has 0 radical (unpaired) electrons. The van der Waals surface area contributed by atoms with E-state index in [-0.39, 0.29) is 24.2 Å². The predicted molar refractivity (Wildman–Crippen MR) is 133 cm³/mol. The Bertz CT molecular complexity index is 1250. The molecule has 0 spiro atoms. The summed E-state index contributed by atoms with van der Waals surface area (Å²) in [4.78, 5) is 36.8. The maximum Gasteiger partial charge on any atom is 0.228 e. The summed E-state index contributed by atoms with van der Waals surface area (Å²) in [6, 6.07) is 16.1. The van der Waals surface area contributed by atoms with Crippen LogP contribution in [0.2, 0.25) is 0 Å². The number of ether oxygens (including phenoxy) is 1. The summed E-state index contributed by atoms with van der Waals surface area (Å²) in [5.74, 6) is 1.31. The molecule has 1 atom stereocenters. The highest BCUT2D eigenvalue weighted by Gasteiger charge is 2.39. The summed E-state index contributed by atoms with van der Waals surface area (Å²) in [5.41, 5.74) is 3.99. The number of para-hydroxylation sites is 1. The second kappa shape index (κ2) is 8.97. The molecule has 5 rings (SSSR count). The molecule has 0 aliphatic carbocycles. The van der Waals surface area contributed by atoms with Crippen molar-refractivity contribution in [2.75, 3.05) is 49.6 Å². The molecule has 2 fully saturated rings. The molecule has 34 heavy (non-hydrogen) atoms. The lowest BCUT2D eigenvalue weighted by Crippen LogP contribution is -2.51. The zero-order valence-corrected chi connectivity index (χ0v) is 20.0. The van der Waals surface area contributed by atoms with Crippen LogP contribution in [0.15, 0.2) is 48.5 Å². The Morgan fingerprint density at radius 3 is 2.56 bits per heavy atom. The van der Waals surface area contributed by atoms with E-state index in [1.807, 2.05) is 48.2 Å². The van der Waals surface area contributed by atoms with Gasteiger partial charge in [-0.1, -0.05) is 24.3 Å². The fraction of sp³-hybridized carbons (Fsp3) is 0.370. The molecule has 0 bridgehead atoms. The molecule has 0 saturated carbocycles. The largest absolute Gasteiger partial charge is 0.495 e. The molecule has 1 unspecified atom stereocenters. The van der Waals surface area contributed by atoms with Gasteiger partial charge in [0, 0.05) is 44.5 Å². The number of aryl methyl sites for hydroxylation is 2. The maximum absolute atomic E-state index is 13.3. The molecule has 2 saturated heterocycles. The van der Waals surface area contributed by atoms with Gasteiger partial charge in [0.25, 0.3) is 0 Å². The van der Waals surface area contributed by atoms with Crippen LogP contribution >= 0.6 is 0 Å². The van der Waals surface area contributed by atoms with Crippen molar-refractivity contribution >= 4 is 34.2 Å². The lowest BCUT2D eigenvalue weighted by Gasteiger charge is -2.36. The fourth-order valence-corrected chi connectivity index (χ4v) is 5.02. The number of benzene rings is 2. The minimum absolute atomic E-state index is 0.0308. The number of carbonyl (C=O) groups is 2. The van der Waals surface area contributed by atoms with Crippen molar-refractivity contribution < 1.29 is 14.3 Å². The molecule has 7 heteroatoms. The highest BCUT2D eigenvalue weighted by Crippen LogP contribution is 2.34. The van der Waals surface area contributed by atoms with Crippen molar-refractivity contribution in [3.63, 3.8) is 0 Å². The van der Waals surface area contributed by atoms with E-state index < -0.39 is 0 Å². The average Bonchev–Trinajstić information content (AvgIpc) is 3.25. The van der Waals surface area contributed by atoms with Crippen molar-refractivity contribution in [1.29, 1.82) is 0 Å². The molecular formula is C27H30N4O3. The number of carbonyl (C=O) groups excluding carboxylic acids is 2. The first-order valence-electron chi connectivity index (χ1n) is 11.8. The zero-order valence-electron chi connectivity index (χ0n) is 20.0. The van der Waals surface area contributed by atoms with E-state index in [9.17, 15) is 9.59 Å². The monoisotopic (exact) mass is 458 g/mol. The number of amides is 2. The van der Waals surface area contributed by atoms with Gasteiger partial charge in [-0.05, 0) is 49.2 Å². The van der Waals surface area contributed by atoms with Crippen molar-refractivity contribution in [3.05, 3.63) is 59.7 Å². The summed E-state index contributed by atoms with van der Waals surface area (Å²) < 4.78 is 5.46. The van der Waals surface area contributed by atoms with E-state index >= 15 is 0 Å². The third kappa shape index (κ3) is 4.06. The van der Waals surface area contributed by atoms with Gasteiger partial charge in [0.2, 0.25) is 11.8 Å². The summed E-state index contributed by atoms with van der Waals surface area (Å²) >= 11 is 0. The first-order valence-corrected chi connectivity index (χ1v) is 11.8. The van der Waals surface area contributed by atoms with Crippen LogP contribution in [-0.2, 0) is 9.59 Å². The van der Waals surface area contributed by atoms with Gasteiger partial charge < -0.3 is 19.4 Å². The van der Waals surface area contributed by atoms with Crippen molar-refractivity contribution in [2.45, 2.75) is 20.3 Å². The third-order valence-corrected chi connectivity index (χ3v) is 6.92. The van der Waals surface area contributed by atoms with Crippen LogP contribution in [0.5, 0.6) is 5.75 Å². The SMILES string of the molecule is COc1ccc(C)cc1N1CC(C(=O)N2CCN(c3cc(C)c4ccccc4n3)CC2)CC1=O. The summed E-state index contributed by atoms with van der Waals surface area (Å²) in [6.07, 6.45) is 0.238. The Kier molecular flexibility index (Phi) is 5.86. The Hall–Kier alpha value is -3.61. The quantitative estimate of drug-likeness (QED) is 0.598. The highest BCUT2D eigenvalue weighted by molar-refractivity contribution is 6.01. The van der Waals surface area contributed by atoms with Crippen LogP contribution in [0.3, 0.4) is 0 Å². The van der Waals surface area contributed by atoms with Crippen LogP contribution < -0.4 is 14.5 Å². The fourth-order valence-electron chi connectivity index (χ4n) is 5.02. The molecule has 2 aromatic carbocycles. The highest BCUT2D eigenvalue weighted by atomic mass is 16.5. The normalized spacial score (nSPS) is 18.6. The first kappa shape index (κ1) is 22.2. The van der Waals surface area contributed by atoms with Gasteiger partial charge in [-0.3, -0.25) is 9.59 Å². The maximum atomic E-state index is 13.3. The summed E-state index contributed by atoms with van der Waals surface area (Å²) in [7, 11) is 1.60. The van der Waals surface area contributed by atoms with E-state index in [2.05, 4.69) is 24.0 Å². The zero-order chi connectivity index (χ0) is 23.8. The number of piperazine rings is 1. The minimum atomic E-state index is -0.328. The van der Waals surface area contributed by atoms with Gasteiger partial charge in [-0.25, -0.2) is 4.98 Å². The van der Waals surface area contributed by atoms with Crippen LogP contribution in [0.25, 0.3) is 10.9 Å². The number of pyridine rings is 1. The average molecular weight is 459 g/mol. The predicted octanol–water partition coefficient (Wildman–Crippen LogP) is 3.56. The second-order valence-corrected chi connectivity index (χ2v) is 9.21. The molecule has 1 aromatic heterocycles. The van der Waals surface area contributed by atoms with Crippen LogP contribution in [0, 0.1) is 19.8 Å². The number of hydrogen-bond donors (Lipinski definition) is 0. The van der Waals surface area contributed by atoms with E-state index in [4.69, 9.17) is 9.72 Å². The Balaban J connectivity index is 1.25. The third-order valence-electron chi connectivity index (χ3n) is 6.92. The number of hydrogen-bond acceptors (Lipinski definition) is 5. The summed E-state index contributed by atoms with van der Waals surface area (Å²) in [5, 5.41) is 1.17. The Labute approximate surface area is 199 Å². The van der Waals surface area contributed by atoms with Crippen molar-refractivity contribution in [1.82, 2.24) is 9.88 Å². The van der Waals surface area contributed by atoms with Crippen LogP contribution in [0.1, 0.15) is 17.5 Å². The van der Waals surface area contributed by atoms with Gasteiger partial charge in [-0.2, -0.15) is 0 Å². The smallest absolute Gasteiger partial charge is 0.228 e. The van der Waals surface area contributed by atoms with E-state index in [0.29, 0.717) is 25.4 Å². The number of nitrogens with zero attached hydrogens (tertiary/aromatic N) is 4. The van der Waals surface area contributed by atoms with E-state index in [1.165, 1.54) is 10.9 Å². The lowest BCUT2D eigenvalue weighted by molar-refractivity contribution is -0.136. The molecule has 7 nitrogen and oxygen atoms in total. The van der Waals surface area contributed by atoms with E-state index in [0.717, 1.165) is 35.7 Å². The number of methoxy groups -OCH3 is 1. The standard InChI is InChI=1S/C27H30N4O3/c1-18-8-9-24(34-3)23(14-18)31-17-20(16-26(31)32)27(33)30-12-10-29(11-13-30)25-15-19(2)21-6-4-5-7-22(21)28-25/h4-9,14-15,20H,10-13,16-17H2,1-3H3. The van der Waals surface area contributed by atoms with Gasteiger partial charge in [0.15, 0.2) is 0 Å². The second-order valence-electron chi connectivity index (χ2n) is 9.21. The van der Waals surface area contributed by atoms with E-state index in [1.54, 1.807) is 12.0 Å². The molecule has 3 heterocycles. The van der Waals surface area contributed by atoms with Crippen molar-refractivity contribution in [2.24, 2.45) is 5.92 Å².